The summed E-state index contributed by atoms with van der Waals surface area (Å²) >= 11 is 0. The normalized spacial score (nSPS) is 11.5. The maximum Gasteiger partial charge on any atom is 0.303 e. The molecule has 0 unspecified atom stereocenters. The Bertz CT molecular complexity index is 711. The van der Waals surface area contributed by atoms with Crippen molar-refractivity contribution in [3.8, 4) is 11.5 Å². The van der Waals surface area contributed by atoms with Crippen LogP contribution < -0.4 is 0 Å². The van der Waals surface area contributed by atoms with Gasteiger partial charge in [-0.25, -0.2) is 0 Å². The molecule has 134 valence electrons. The van der Waals surface area contributed by atoms with E-state index in [4.69, 9.17) is 0 Å². The molecule has 0 spiro atoms. The summed E-state index contributed by atoms with van der Waals surface area (Å²) in [5.41, 5.74) is 3.53. The van der Waals surface area contributed by atoms with Gasteiger partial charge in [0.25, 0.3) is 0 Å². The van der Waals surface area contributed by atoms with Gasteiger partial charge in [0.15, 0.2) is 0 Å². The van der Waals surface area contributed by atoms with Crippen molar-refractivity contribution in [3.63, 3.8) is 0 Å². The molecule has 2 rings (SSSR count). The van der Waals surface area contributed by atoms with E-state index < -0.39 is 11.4 Å². The summed E-state index contributed by atoms with van der Waals surface area (Å²) in [5.74, 6) is -0.412. The lowest BCUT2D eigenvalue weighted by atomic mass is 9.69. The zero-order valence-electron chi connectivity index (χ0n) is 15.0. The van der Waals surface area contributed by atoms with Crippen LogP contribution in [0.3, 0.4) is 0 Å². The van der Waals surface area contributed by atoms with Gasteiger partial charge >= 0.3 is 5.97 Å². The highest BCUT2D eigenvalue weighted by atomic mass is 16.4. The number of hydrogen-bond donors (Lipinski definition) is 3. The maximum atomic E-state index is 11.2. The van der Waals surface area contributed by atoms with Gasteiger partial charge < -0.3 is 15.3 Å². The SMILES string of the molecule is CCc1cc(O)ccc1C(C)(CCC(=O)O)c1ccc(O)cc1CC. The van der Waals surface area contributed by atoms with Crippen LogP contribution in [-0.2, 0) is 23.1 Å². The topological polar surface area (TPSA) is 77.8 Å². The summed E-state index contributed by atoms with van der Waals surface area (Å²) in [6, 6.07) is 10.6. The summed E-state index contributed by atoms with van der Waals surface area (Å²) in [7, 11) is 0. The minimum absolute atomic E-state index is 0.0462. The fourth-order valence-electron chi connectivity index (χ4n) is 3.59. The molecule has 2 aromatic rings. The van der Waals surface area contributed by atoms with Crippen LogP contribution in [0, 0.1) is 0 Å². The first kappa shape index (κ1) is 18.8. The van der Waals surface area contributed by atoms with Crippen molar-refractivity contribution in [2.75, 3.05) is 0 Å². The molecule has 0 saturated carbocycles. The first-order valence-corrected chi connectivity index (χ1v) is 8.68. The van der Waals surface area contributed by atoms with Crippen LogP contribution in [0.1, 0.15) is 55.9 Å². The van der Waals surface area contributed by atoms with E-state index in [1.807, 2.05) is 32.9 Å². The number of phenolic OH excluding ortho intramolecular Hbond substituents is 2. The highest BCUT2D eigenvalue weighted by Crippen LogP contribution is 2.42. The summed E-state index contributed by atoms with van der Waals surface area (Å²) in [6.07, 6.45) is 1.97. The van der Waals surface area contributed by atoms with E-state index in [0.29, 0.717) is 6.42 Å². The fraction of sp³-hybridized carbons (Fsp3) is 0.381. The number of carbonyl (C=O) groups is 1. The Kier molecular flexibility index (Phi) is 5.73. The lowest BCUT2D eigenvalue weighted by Crippen LogP contribution is -2.28. The van der Waals surface area contributed by atoms with Crippen LogP contribution in [-0.4, -0.2) is 21.3 Å². The van der Waals surface area contributed by atoms with Gasteiger partial charge in [0.2, 0.25) is 0 Å². The van der Waals surface area contributed by atoms with E-state index in [9.17, 15) is 20.1 Å². The minimum atomic E-state index is -0.833. The Morgan fingerprint density at radius 1 is 0.920 bits per heavy atom. The number of aromatic hydroxyl groups is 2. The number of rotatable bonds is 7. The Labute approximate surface area is 148 Å². The molecular weight excluding hydrogens is 316 g/mol. The molecule has 25 heavy (non-hydrogen) atoms. The lowest BCUT2D eigenvalue weighted by molar-refractivity contribution is -0.137. The van der Waals surface area contributed by atoms with Gasteiger partial charge in [-0.05, 0) is 65.8 Å². The molecule has 0 aromatic heterocycles. The van der Waals surface area contributed by atoms with Gasteiger partial charge in [-0.3, -0.25) is 4.79 Å². The van der Waals surface area contributed by atoms with E-state index >= 15 is 0 Å². The third kappa shape index (κ3) is 3.95. The first-order valence-electron chi connectivity index (χ1n) is 8.68. The molecule has 0 atom stereocenters. The predicted octanol–water partition coefficient (Wildman–Crippen LogP) is 4.39. The number of phenols is 2. The molecule has 4 heteroatoms. The van der Waals surface area contributed by atoms with E-state index in [1.54, 1.807) is 24.3 Å². The average Bonchev–Trinajstić information content (AvgIpc) is 2.59. The molecule has 3 N–H and O–H groups in total. The van der Waals surface area contributed by atoms with Gasteiger partial charge in [0, 0.05) is 11.8 Å². The number of aliphatic carboxylic acids is 1. The second-order valence-corrected chi connectivity index (χ2v) is 6.62. The van der Waals surface area contributed by atoms with Crippen molar-refractivity contribution < 1.29 is 20.1 Å². The molecule has 0 bridgehead atoms. The Morgan fingerprint density at radius 3 is 1.72 bits per heavy atom. The summed E-state index contributed by atoms with van der Waals surface area (Å²) in [5, 5.41) is 28.9. The van der Waals surface area contributed by atoms with E-state index in [0.717, 1.165) is 35.1 Å². The third-order valence-corrected chi connectivity index (χ3v) is 4.97. The molecule has 0 saturated heterocycles. The molecule has 0 fully saturated rings. The minimum Gasteiger partial charge on any atom is -0.508 e. The van der Waals surface area contributed by atoms with E-state index in [2.05, 4.69) is 0 Å². The Hall–Kier alpha value is -2.49. The van der Waals surface area contributed by atoms with Gasteiger partial charge in [0.1, 0.15) is 11.5 Å². The van der Waals surface area contributed by atoms with Crippen LogP contribution in [0.2, 0.25) is 0 Å². The van der Waals surface area contributed by atoms with Crippen molar-refractivity contribution in [2.45, 2.75) is 51.9 Å². The van der Waals surface area contributed by atoms with Crippen LogP contribution in [0.4, 0.5) is 0 Å². The number of benzene rings is 2. The lowest BCUT2D eigenvalue weighted by Gasteiger charge is -2.34. The van der Waals surface area contributed by atoms with Gasteiger partial charge in [-0.15, -0.1) is 0 Å². The molecule has 0 heterocycles. The second-order valence-electron chi connectivity index (χ2n) is 6.62. The van der Waals surface area contributed by atoms with Crippen LogP contribution in [0.15, 0.2) is 36.4 Å². The number of hydrogen-bond acceptors (Lipinski definition) is 3. The zero-order valence-corrected chi connectivity index (χ0v) is 15.0. The highest BCUT2D eigenvalue weighted by molar-refractivity contribution is 5.67. The molecule has 0 aliphatic carbocycles. The van der Waals surface area contributed by atoms with Crippen molar-refractivity contribution in [1.29, 1.82) is 0 Å². The summed E-state index contributed by atoms with van der Waals surface area (Å²) < 4.78 is 0. The molecular formula is C21H26O4. The maximum absolute atomic E-state index is 11.2. The van der Waals surface area contributed by atoms with Gasteiger partial charge in [-0.1, -0.05) is 32.9 Å². The van der Waals surface area contributed by atoms with Crippen LogP contribution >= 0.6 is 0 Å². The fourth-order valence-corrected chi connectivity index (χ4v) is 3.59. The molecule has 0 aliphatic heterocycles. The third-order valence-electron chi connectivity index (χ3n) is 4.97. The number of aryl methyl sites for hydroxylation is 2. The molecule has 0 radical (unpaired) electrons. The Morgan fingerprint density at radius 2 is 1.36 bits per heavy atom. The standard InChI is InChI=1S/C21H26O4/c1-4-14-12-16(22)6-8-18(14)21(3,11-10-20(24)25)19-9-7-17(23)13-15(19)5-2/h6-9,12-13,22-23H,4-5,10-11H2,1-3H3,(H,24,25). The van der Waals surface area contributed by atoms with Crippen molar-refractivity contribution in [3.05, 3.63) is 58.7 Å². The van der Waals surface area contributed by atoms with Crippen LogP contribution in [0.25, 0.3) is 0 Å². The van der Waals surface area contributed by atoms with E-state index in [1.165, 1.54) is 0 Å². The number of carboxylic acids is 1. The first-order chi connectivity index (χ1) is 11.8. The van der Waals surface area contributed by atoms with Crippen molar-refractivity contribution in [2.24, 2.45) is 0 Å². The zero-order chi connectivity index (χ0) is 18.6. The second kappa shape index (κ2) is 7.60. The molecule has 0 amide bonds. The van der Waals surface area contributed by atoms with Crippen molar-refractivity contribution in [1.82, 2.24) is 0 Å². The monoisotopic (exact) mass is 342 g/mol. The van der Waals surface area contributed by atoms with Crippen molar-refractivity contribution >= 4 is 5.97 Å². The van der Waals surface area contributed by atoms with Gasteiger partial charge in [0.05, 0.1) is 0 Å². The van der Waals surface area contributed by atoms with Crippen LogP contribution in [0.5, 0.6) is 11.5 Å². The molecule has 2 aromatic carbocycles. The van der Waals surface area contributed by atoms with E-state index in [-0.39, 0.29) is 17.9 Å². The highest BCUT2D eigenvalue weighted by Gasteiger charge is 2.33. The number of carboxylic acid groups (broad SMARTS) is 1. The average molecular weight is 342 g/mol. The summed E-state index contributed by atoms with van der Waals surface area (Å²) in [6.45, 7) is 6.09. The van der Waals surface area contributed by atoms with Gasteiger partial charge in [-0.2, -0.15) is 0 Å². The predicted molar refractivity (Wildman–Crippen MR) is 98.3 cm³/mol. The smallest absolute Gasteiger partial charge is 0.303 e. The quantitative estimate of drug-likeness (QED) is 0.697. The molecule has 0 aliphatic rings. The Balaban J connectivity index is 2.69. The summed E-state index contributed by atoms with van der Waals surface area (Å²) in [4.78, 5) is 11.2. The molecule has 4 nitrogen and oxygen atoms in total. The largest absolute Gasteiger partial charge is 0.508 e.